The summed E-state index contributed by atoms with van der Waals surface area (Å²) in [6.07, 6.45) is 7.93. The van der Waals surface area contributed by atoms with Crippen molar-refractivity contribution in [2.75, 3.05) is 0 Å². The van der Waals surface area contributed by atoms with E-state index in [4.69, 9.17) is 0 Å². The number of allylic oxidation sites excluding steroid dienone is 1. The van der Waals surface area contributed by atoms with Crippen LogP contribution in [0.25, 0.3) is 0 Å². The minimum Gasteiger partial charge on any atom is -0.298 e. The Balaban J connectivity index is 2.52. The molecule has 88 valence electrons. The molecule has 0 radical (unpaired) electrons. The van der Waals surface area contributed by atoms with Crippen LogP contribution < -0.4 is 5.56 Å². The zero-order valence-corrected chi connectivity index (χ0v) is 11.7. The highest BCUT2D eigenvalue weighted by Gasteiger charge is 2.04. The second kappa shape index (κ2) is 6.83. The van der Waals surface area contributed by atoms with Gasteiger partial charge in [-0.25, -0.2) is 4.98 Å². The molecule has 4 heteroatoms. The van der Waals surface area contributed by atoms with Crippen LogP contribution in [0.5, 0.6) is 0 Å². The molecule has 0 atom stereocenters. The Morgan fingerprint density at radius 1 is 1.50 bits per heavy atom. The molecule has 0 aliphatic carbocycles. The first-order chi connectivity index (χ1) is 7.66. The predicted octanol–water partition coefficient (Wildman–Crippen LogP) is 2.90. The van der Waals surface area contributed by atoms with Crippen LogP contribution in [0.15, 0.2) is 23.8 Å². The van der Waals surface area contributed by atoms with Crippen LogP contribution in [0.1, 0.15) is 31.4 Å². The molecule has 1 aromatic rings. The third-order valence-electron chi connectivity index (χ3n) is 2.46. The number of unbranched alkanes of at least 4 members (excludes halogenated alkanes) is 3. The smallest absolute Gasteiger partial charge is 0.266 e. The highest BCUT2D eigenvalue weighted by Crippen LogP contribution is 2.04. The molecular formula is C12H17IN2O. The van der Waals surface area contributed by atoms with Crippen LogP contribution in [0.4, 0.5) is 0 Å². The highest BCUT2D eigenvalue weighted by atomic mass is 127. The second-order valence-corrected chi connectivity index (χ2v) is 4.86. The molecule has 0 saturated heterocycles. The van der Waals surface area contributed by atoms with Gasteiger partial charge < -0.3 is 0 Å². The van der Waals surface area contributed by atoms with Crippen LogP contribution >= 0.6 is 22.6 Å². The van der Waals surface area contributed by atoms with E-state index in [0.717, 1.165) is 41.5 Å². The van der Waals surface area contributed by atoms with Crippen molar-refractivity contribution in [2.24, 2.45) is 0 Å². The van der Waals surface area contributed by atoms with E-state index in [-0.39, 0.29) is 5.56 Å². The summed E-state index contributed by atoms with van der Waals surface area (Å²) in [6.45, 7) is 6.31. The van der Waals surface area contributed by atoms with Crippen LogP contribution in [0, 0.1) is 10.5 Å². The van der Waals surface area contributed by atoms with E-state index in [2.05, 4.69) is 34.2 Å². The minimum absolute atomic E-state index is 0.0804. The maximum atomic E-state index is 11.8. The first kappa shape index (κ1) is 13.4. The Hall–Kier alpha value is -0.650. The molecule has 0 N–H and O–H groups in total. The van der Waals surface area contributed by atoms with Gasteiger partial charge in [-0.15, -0.1) is 6.58 Å². The van der Waals surface area contributed by atoms with E-state index in [1.807, 2.05) is 13.0 Å². The van der Waals surface area contributed by atoms with Gasteiger partial charge in [0.05, 0.1) is 15.6 Å². The molecule has 0 saturated carbocycles. The molecule has 0 spiro atoms. The van der Waals surface area contributed by atoms with Crippen molar-refractivity contribution >= 4 is 22.6 Å². The lowest BCUT2D eigenvalue weighted by molar-refractivity contribution is 0.567. The van der Waals surface area contributed by atoms with E-state index >= 15 is 0 Å². The highest BCUT2D eigenvalue weighted by molar-refractivity contribution is 14.1. The zero-order valence-electron chi connectivity index (χ0n) is 9.58. The SMILES string of the molecule is C=CCCCCCn1cnc(C)c(I)c1=O. The molecule has 0 amide bonds. The topological polar surface area (TPSA) is 34.9 Å². The number of nitrogens with zero attached hydrogens (tertiary/aromatic N) is 2. The van der Waals surface area contributed by atoms with Gasteiger partial charge in [0.2, 0.25) is 0 Å². The predicted molar refractivity (Wildman–Crippen MR) is 74.6 cm³/mol. The molecule has 0 aliphatic heterocycles. The van der Waals surface area contributed by atoms with Gasteiger partial charge in [0.1, 0.15) is 0 Å². The van der Waals surface area contributed by atoms with Gasteiger partial charge in [-0.2, -0.15) is 0 Å². The molecule has 1 heterocycles. The standard InChI is InChI=1S/C12H17IN2O/c1-3-4-5-6-7-8-15-9-14-10(2)11(13)12(15)16/h3,9H,1,4-8H2,2H3. The van der Waals surface area contributed by atoms with Crippen LogP contribution in [-0.2, 0) is 6.54 Å². The lowest BCUT2D eigenvalue weighted by Gasteiger charge is -2.06. The fourth-order valence-corrected chi connectivity index (χ4v) is 1.90. The lowest BCUT2D eigenvalue weighted by Crippen LogP contribution is -2.24. The minimum atomic E-state index is 0.0804. The van der Waals surface area contributed by atoms with Crippen molar-refractivity contribution in [3.8, 4) is 0 Å². The van der Waals surface area contributed by atoms with Gasteiger partial charge in [-0.3, -0.25) is 9.36 Å². The average molecular weight is 332 g/mol. The Kier molecular flexibility index (Phi) is 5.73. The molecule has 16 heavy (non-hydrogen) atoms. The molecule has 1 rings (SSSR count). The largest absolute Gasteiger partial charge is 0.298 e. The first-order valence-electron chi connectivity index (χ1n) is 5.49. The van der Waals surface area contributed by atoms with E-state index in [1.54, 1.807) is 10.9 Å². The summed E-state index contributed by atoms with van der Waals surface area (Å²) in [7, 11) is 0. The van der Waals surface area contributed by atoms with E-state index in [0.29, 0.717) is 0 Å². The quantitative estimate of drug-likeness (QED) is 0.456. The van der Waals surface area contributed by atoms with Gasteiger partial charge in [0.15, 0.2) is 0 Å². The van der Waals surface area contributed by atoms with Gasteiger partial charge in [-0.05, 0) is 48.8 Å². The van der Waals surface area contributed by atoms with Gasteiger partial charge in [0, 0.05) is 6.54 Å². The number of halogens is 1. The Morgan fingerprint density at radius 2 is 2.25 bits per heavy atom. The number of aromatic nitrogens is 2. The van der Waals surface area contributed by atoms with Gasteiger partial charge in [-0.1, -0.05) is 12.5 Å². The number of hydrogen-bond donors (Lipinski definition) is 0. The molecule has 0 fully saturated rings. The van der Waals surface area contributed by atoms with Gasteiger partial charge in [0.25, 0.3) is 5.56 Å². The molecule has 0 aromatic carbocycles. The molecule has 0 aliphatic rings. The summed E-state index contributed by atoms with van der Waals surface area (Å²) in [4.78, 5) is 16.0. The van der Waals surface area contributed by atoms with E-state index in [1.165, 1.54) is 0 Å². The number of aryl methyl sites for hydroxylation is 2. The number of hydrogen-bond acceptors (Lipinski definition) is 2. The van der Waals surface area contributed by atoms with Crippen molar-refractivity contribution in [3.63, 3.8) is 0 Å². The summed E-state index contributed by atoms with van der Waals surface area (Å²) >= 11 is 2.06. The van der Waals surface area contributed by atoms with Crippen molar-refractivity contribution in [3.05, 3.63) is 38.6 Å². The van der Waals surface area contributed by atoms with Crippen molar-refractivity contribution in [2.45, 2.75) is 39.2 Å². The van der Waals surface area contributed by atoms with Crippen LogP contribution in [-0.4, -0.2) is 9.55 Å². The molecule has 0 bridgehead atoms. The summed E-state index contributed by atoms with van der Waals surface area (Å²) in [5.74, 6) is 0. The Labute approximate surface area is 110 Å². The zero-order chi connectivity index (χ0) is 12.0. The molecule has 3 nitrogen and oxygen atoms in total. The summed E-state index contributed by atoms with van der Waals surface area (Å²) in [5.41, 5.74) is 0.894. The summed E-state index contributed by atoms with van der Waals surface area (Å²) in [5, 5.41) is 0. The normalized spacial score (nSPS) is 10.4. The number of rotatable bonds is 6. The monoisotopic (exact) mass is 332 g/mol. The fraction of sp³-hybridized carbons (Fsp3) is 0.500. The summed E-state index contributed by atoms with van der Waals surface area (Å²) in [6, 6.07) is 0. The summed E-state index contributed by atoms with van der Waals surface area (Å²) < 4.78 is 2.43. The van der Waals surface area contributed by atoms with E-state index in [9.17, 15) is 4.79 Å². The second-order valence-electron chi connectivity index (χ2n) is 3.78. The third-order valence-corrected chi connectivity index (χ3v) is 3.71. The first-order valence-corrected chi connectivity index (χ1v) is 6.57. The lowest BCUT2D eigenvalue weighted by atomic mass is 10.2. The Bertz CT molecular complexity index is 412. The van der Waals surface area contributed by atoms with Crippen LogP contribution in [0.3, 0.4) is 0 Å². The molecular weight excluding hydrogens is 315 g/mol. The average Bonchev–Trinajstić information content (AvgIpc) is 2.28. The molecule has 0 unspecified atom stereocenters. The maximum absolute atomic E-state index is 11.8. The van der Waals surface area contributed by atoms with E-state index < -0.39 is 0 Å². The Morgan fingerprint density at radius 3 is 2.94 bits per heavy atom. The molecule has 1 aromatic heterocycles. The maximum Gasteiger partial charge on any atom is 0.266 e. The third kappa shape index (κ3) is 3.73. The van der Waals surface area contributed by atoms with Crippen molar-refractivity contribution < 1.29 is 0 Å². The van der Waals surface area contributed by atoms with Crippen molar-refractivity contribution in [1.82, 2.24) is 9.55 Å². The van der Waals surface area contributed by atoms with Crippen LogP contribution in [0.2, 0.25) is 0 Å². The van der Waals surface area contributed by atoms with Gasteiger partial charge >= 0.3 is 0 Å². The fourth-order valence-electron chi connectivity index (χ4n) is 1.45. The van der Waals surface area contributed by atoms with Crippen molar-refractivity contribution in [1.29, 1.82) is 0 Å².